The molecule has 3 heterocycles. The van der Waals surface area contributed by atoms with Crippen molar-refractivity contribution >= 4 is 12.0 Å². The lowest BCUT2D eigenvalue weighted by atomic mass is 9.90. The fourth-order valence-corrected chi connectivity index (χ4v) is 5.32. The number of hydrogen-bond acceptors (Lipinski definition) is 9. The highest BCUT2D eigenvalue weighted by atomic mass is 16.7. The fraction of sp³-hybridized carbons (Fsp3) is 0.406. The molecule has 1 aromatic heterocycles. The summed E-state index contributed by atoms with van der Waals surface area (Å²) in [4.78, 5) is 25.2. The molecule has 0 spiro atoms. The number of aliphatic hydroxyl groups is 1. The van der Waals surface area contributed by atoms with Crippen molar-refractivity contribution in [2.45, 2.75) is 38.6 Å². The van der Waals surface area contributed by atoms with Crippen LogP contribution in [0.5, 0.6) is 0 Å². The maximum atomic E-state index is 11.8. The first-order chi connectivity index (χ1) is 20.5. The lowest BCUT2D eigenvalue weighted by molar-refractivity contribution is -0.276. The van der Waals surface area contributed by atoms with Crippen molar-refractivity contribution in [3.63, 3.8) is 0 Å². The highest BCUT2D eigenvalue weighted by Crippen LogP contribution is 2.42. The first-order valence-corrected chi connectivity index (χ1v) is 14.4. The molecule has 10 nitrogen and oxygen atoms in total. The van der Waals surface area contributed by atoms with Crippen LogP contribution in [0, 0.1) is 5.92 Å². The minimum absolute atomic E-state index is 0.00288. The van der Waals surface area contributed by atoms with E-state index in [0.717, 1.165) is 60.9 Å². The van der Waals surface area contributed by atoms with Gasteiger partial charge in [-0.25, -0.2) is 14.8 Å². The molecule has 5 rings (SSSR count). The van der Waals surface area contributed by atoms with Gasteiger partial charge < -0.3 is 29.5 Å². The van der Waals surface area contributed by atoms with E-state index in [4.69, 9.17) is 14.2 Å². The quantitative estimate of drug-likeness (QED) is 0.348. The van der Waals surface area contributed by atoms with E-state index in [9.17, 15) is 9.90 Å². The van der Waals surface area contributed by atoms with Crippen LogP contribution in [-0.2, 0) is 27.4 Å². The van der Waals surface area contributed by atoms with Gasteiger partial charge in [0.25, 0.3) is 0 Å². The number of anilines is 1. The van der Waals surface area contributed by atoms with Crippen LogP contribution >= 0.6 is 0 Å². The minimum Gasteiger partial charge on any atom is -0.445 e. The van der Waals surface area contributed by atoms with Crippen LogP contribution in [0.2, 0.25) is 0 Å². The normalized spacial score (nSPS) is 22.9. The third-order valence-electron chi connectivity index (χ3n) is 7.79. The van der Waals surface area contributed by atoms with Crippen LogP contribution in [0.1, 0.15) is 41.6 Å². The van der Waals surface area contributed by atoms with Gasteiger partial charge in [-0.2, -0.15) is 0 Å². The van der Waals surface area contributed by atoms with Gasteiger partial charge >= 0.3 is 6.09 Å². The number of benzene rings is 2. The van der Waals surface area contributed by atoms with Gasteiger partial charge in [-0.1, -0.05) is 68.1 Å². The number of piperazine rings is 1. The number of amides is 1. The standard InChI is InChI=1S/C32H39N5O5/c1-3-19-40-32(39)35-20-24-5-11-27(12-6-24)30-41-28(23(2)29(42-30)26-9-7-25(22-38)8-10-26)21-36-15-17-37(18-16-36)31-33-13-4-14-34-31/h3-14,23,28-30,38H,1,15-22H2,2H3,(H,35,39)/t23-,28+,29+,30+/m0/s1. The number of nitrogens with one attached hydrogen (secondary N) is 1. The SMILES string of the molecule is C=CCOC(=O)NCc1ccc([C@@H]2O[C@H](CN3CCN(c4ncccn4)CC3)[C@H](C)[C@H](c3ccc(CO)cc3)O2)cc1. The largest absolute Gasteiger partial charge is 0.445 e. The van der Waals surface area contributed by atoms with E-state index in [-0.39, 0.29) is 31.3 Å². The maximum absolute atomic E-state index is 11.8. The second-order valence-electron chi connectivity index (χ2n) is 10.6. The summed E-state index contributed by atoms with van der Waals surface area (Å²) in [5.74, 6) is 0.869. The highest BCUT2D eigenvalue weighted by molar-refractivity contribution is 5.67. The molecule has 4 atom stereocenters. The number of carbonyl (C=O) groups is 1. The first-order valence-electron chi connectivity index (χ1n) is 14.4. The lowest BCUT2D eigenvalue weighted by Gasteiger charge is -2.44. The molecule has 0 saturated carbocycles. The Morgan fingerprint density at radius 2 is 1.69 bits per heavy atom. The predicted octanol–water partition coefficient (Wildman–Crippen LogP) is 3.99. The van der Waals surface area contributed by atoms with E-state index in [1.807, 2.05) is 54.6 Å². The van der Waals surface area contributed by atoms with Gasteiger partial charge in [0.05, 0.1) is 18.8 Å². The molecular formula is C32H39N5O5. The summed E-state index contributed by atoms with van der Waals surface area (Å²) in [6.45, 7) is 10.5. The molecule has 0 radical (unpaired) electrons. The monoisotopic (exact) mass is 573 g/mol. The lowest BCUT2D eigenvalue weighted by Crippen LogP contribution is -2.51. The van der Waals surface area contributed by atoms with E-state index in [1.165, 1.54) is 6.08 Å². The fourth-order valence-electron chi connectivity index (χ4n) is 5.32. The molecule has 0 aliphatic carbocycles. The maximum Gasteiger partial charge on any atom is 0.407 e. The van der Waals surface area contributed by atoms with Crippen LogP contribution in [0.4, 0.5) is 10.7 Å². The number of carbonyl (C=O) groups excluding carboxylic acids is 1. The summed E-state index contributed by atoms with van der Waals surface area (Å²) in [6, 6.07) is 17.7. The second kappa shape index (κ2) is 14.4. The molecule has 2 aliphatic rings. The summed E-state index contributed by atoms with van der Waals surface area (Å²) >= 11 is 0. The van der Waals surface area contributed by atoms with E-state index < -0.39 is 12.4 Å². The summed E-state index contributed by atoms with van der Waals surface area (Å²) in [5, 5.41) is 12.3. The van der Waals surface area contributed by atoms with Gasteiger partial charge in [-0.3, -0.25) is 4.90 Å². The highest BCUT2D eigenvalue weighted by Gasteiger charge is 2.39. The number of nitrogens with zero attached hydrogens (tertiary/aromatic N) is 4. The number of alkyl carbamates (subject to hydrolysis) is 1. The van der Waals surface area contributed by atoms with E-state index >= 15 is 0 Å². The van der Waals surface area contributed by atoms with E-state index in [0.29, 0.717) is 6.54 Å². The number of aliphatic hydroxyl groups excluding tert-OH is 1. The van der Waals surface area contributed by atoms with Crippen LogP contribution in [0.3, 0.4) is 0 Å². The van der Waals surface area contributed by atoms with Crippen LogP contribution in [-0.4, -0.2) is 71.5 Å². The molecule has 2 saturated heterocycles. The molecule has 2 N–H and O–H groups in total. The molecular weight excluding hydrogens is 534 g/mol. The number of ether oxygens (including phenoxy) is 3. The van der Waals surface area contributed by atoms with Crippen molar-refractivity contribution in [3.05, 3.63) is 102 Å². The molecule has 3 aromatic rings. The van der Waals surface area contributed by atoms with Crippen LogP contribution in [0.25, 0.3) is 0 Å². The van der Waals surface area contributed by atoms with Gasteiger partial charge in [0, 0.05) is 63.1 Å². The van der Waals surface area contributed by atoms with Crippen molar-refractivity contribution in [2.75, 3.05) is 44.2 Å². The molecule has 10 heteroatoms. The van der Waals surface area contributed by atoms with Crippen LogP contribution in [0.15, 0.2) is 79.6 Å². The average Bonchev–Trinajstić information content (AvgIpc) is 3.05. The van der Waals surface area contributed by atoms with Crippen LogP contribution < -0.4 is 10.2 Å². The molecule has 2 fully saturated rings. The molecule has 222 valence electrons. The van der Waals surface area contributed by atoms with E-state index in [2.05, 4.69) is 38.6 Å². The Labute approximate surface area is 246 Å². The van der Waals surface area contributed by atoms with E-state index in [1.54, 1.807) is 12.4 Å². The molecule has 2 aliphatic heterocycles. The molecule has 0 unspecified atom stereocenters. The summed E-state index contributed by atoms with van der Waals surface area (Å²) in [5.41, 5.74) is 3.77. The summed E-state index contributed by atoms with van der Waals surface area (Å²) in [6.07, 6.45) is 3.81. The summed E-state index contributed by atoms with van der Waals surface area (Å²) < 4.78 is 18.2. The third kappa shape index (κ3) is 7.51. The molecule has 1 amide bonds. The topological polar surface area (TPSA) is 109 Å². The van der Waals surface area contributed by atoms with Gasteiger partial charge in [0.15, 0.2) is 6.29 Å². The number of rotatable bonds is 10. The molecule has 0 bridgehead atoms. The Morgan fingerprint density at radius 3 is 2.36 bits per heavy atom. The number of aromatic nitrogens is 2. The Kier molecular flexibility index (Phi) is 10.1. The molecule has 2 aromatic carbocycles. The van der Waals surface area contributed by atoms with Gasteiger partial charge in [0.2, 0.25) is 5.95 Å². The van der Waals surface area contributed by atoms with Gasteiger partial charge in [0.1, 0.15) is 6.61 Å². The Bertz CT molecular complexity index is 1280. The van der Waals surface area contributed by atoms with Gasteiger partial charge in [-0.15, -0.1) is 0 Å². The van der Waals surface area contributed by atoms with Crippen molar-refractivity contribution in [1.82, 2.24) is 20.2 Å². The zero-order valence-corrected chi connectivity index (χ0v) is 24.0. The molecule has 42 heavy (non-hydrogen) atoms. The predicted molar refractivity (Wildman–Crippen MR) is 158 cm³/mol. The average molecular weight is 574 g/mol. The second-order valence-corrected chi connectivity index (χ2v) is 10.6. The summed E-state index contributed by atoms with van der Waals surface area (Å²) in [7, 11) is 0. The number of hydrogen-bond donors (Lipinski definition) is 2. The van der Waals surface area contributed by atoms with Crippen molar-refractivity contribution in [1.29, 1.82) is 0 Å². The Balaban J connectivity index is 1.27. The van der Waals surface area contributed by atoms with Gasteiger partial charge in [-0.05, 0) is 22.8 Å². The van der Waals surface area contributed by atoms with Crippen molar-refractivity contribution in [2.24, 2.45) is 5.92 Å². The third-order valence-corrected chi connectivity index (χ3v) is 7.79. The smallest absolute Gasteiger partial charge is 0.407 e. The Morgan fingerprint density at radius 1 is 1.02 bits per heavy atom. The zero-order valence-electron chi connectivity index (χ0n) is 24.0. The first kappa shape index (κ1) is 29.7. The zero-order chi connectivity index (χ0) is 29.3. The Hall–Kier alpha value is -3.83. The van der Waals surface area contributed by atoms with Crippen molar-refractivity contribution < 1.29 is 24.1 Å². The minimum atomic E-state index is -0.549. The van der Waals surface area contributed by atoms with Crippen molar-refractivity contribution in [3.8, 4) is 0 Å².